The van der Waals surface area contributed by atoms with E-state index in [-0.39, 0.29) is 5.82 Å². The molecular weight excluding hydrogens is 217 g/mol. The number of nitrogen functional groups attached to an aromatic ring is 1. The van der Waals surface area contributed by atoms with Gasteiger partial charge in [-0.15, -0.1) is 0 Å². The van der Waals surface area contributed by atoms with Gasteiger partial charge in [0.15, 0.2) is 0 Å². The molecule has 2 aromatic rings. The van der Waals surface area contributed by atoms with Gasteiger partial charge in [0.25, 0.3) is 0 Å². The maximum absolute atomic E-state index is 14.3. The van der Waals surface area contributed by atoms with Crippen molar-refractivity contribution in [1.29, 1.82) is 0 Å². The number of nitrogens with zero attached hydrogens (tertiary/aromatic N) is 2. The molecule has 88 valence electrons. The molecule has 4 heteroatoms. The van der Waals surface area contributed by atoms with Gasteiger partial charge in [-0.2, -0.15) is 5.10 Å². The van der Waals surface area contributed by atoms with Gasteiger partial charge in [0.05, 0.1) is 5.69 Å². The Bertz CT molecular complexity index is 567. The number of fused-ring (bicyclic) bond motifs is 1. The third-order valence-electron chi connectivity index (χ3n) is 3.41. The van der Waals surface area contributed by atoms with Crippen LogP contribution in [0.2, 0.25) is 0 Å². The van der Waals surface area contributed by atoms with Gasteiger partial charge in [-0.25, -0.2) is 4.39 Å². The maximum Gasteiger partial charge on any atom is 0.136 e. The molecule has 0 unspecified atom stereocenters. The lowest BCUT2D eigenvalue weighted by Gasteiger charge is -2.05. The van der Waals surface area contributed by atoms with Crippen LogP contribution in [0, 0.1) is 5.82 Å². The van der Waals surface area contributed by atoms with Crippen molar-refractivity contribution in [3.63, 3.8) is 0 Å². The fourth-order valence-electron chi connectivity index (χ4n) is 2.43. The zero-order valence-electron chi connectivity index (χ0n) is 9.70. The van der Waals surface area contributed by atoms with Gasteiger partial charge in [-0.05, 0) is 36.5 Å². The molecule has 1 aliphatic rings. The van der Waals surface area contributed by atoms with E-state index in [0.29, 0.717) is 17.1 Å². The third-order valence-corrected chi connectivity index (χ3v) is 3.41. The van der Waals surface area contributed by atoms with Crippen molar-refractivity contribution in [3.8, 4) is 11.3 Å². The smallest absolute Gasteiger partial charge is 0.136 e. The van der Waals surface area contributed by atoms with Crippen LogP contribution in [0.4, 0.5) is 10.2 Å². The molecule has 0 aliphatic heterocycles. The van der Waals surface area contributed by atoms with Gasteiger partial charge in [0, 0.05) is 18.7 Å². The Labute approximate surface area is 99.1 Å². The van der Waals surface area contributed by atoms with Crippen molar-refractivity contribution >= 4 is 5.82 Å². The maximum atomic E-state index is 14.3. The summed E-state index contributed by atoms with van der Waals surface area (Å²) in [6.07, 6.45) is 2.86. The second kappa shape index (κ2) is 3.58. The molecular formula is C13H14FN3. The third kappa shape index (κ3) is 1.52. The number of aryl methyl sites for hydroxylation is 2. The first-order chi connectivity index (χ1) is 8.16. The quantitative estimate of drug-likeness (QED) is 0.818. The Morgan fingerprint density at radius 2 is 2.18 bits per heavy atom. The van der Waals surface area contributed by atoms with Gasteiger partial charge < -0.3 is 5.73 Å². The van der Waals surface area contributed by atoms with Gasteiger partial charge >= 0.3 is 0 Å². The molecule has 3 nitrogen and oxygen atoms in total. The van der Waals surface area contributed by atoms with Crippen LogP contribution in [0.15, 0.2) is 18.2 Å². The lowest BCUT2D eigenvalue weighted by atomic mass is 10.0. The van der Waals surface area contributed by atoms with Crippen molar-refractivity contribution in [1.82, 2.24) is 9.78 Å². The number of aromatic nitrogens is 2. The predicted molar refractivity (Wildman–Crippen MR) is 65.0 cm³/mol. The average Bonchev–Trinajstić information content (AvgIpc) is 2.88. The topological polar surface area (TPSA) is 43.8 Å². The monoisotopic (exact) mass is 231 g/mol. The zero-order valence-corrected chi connectivity index (χ0v) is 9.70. The van der Waals surface area contributed by atoms with E-state index in [2.05, 4.69) is 5.10 Å². The Balaban J connectivity index is 2.15. The van der Waals surface area contributed by atoms with Crippen LogP contribution in [-0.4, -0.2) is 9.78 Å². The van der Waals surface area contributed by atoms with E-state index in [0.717, 1.165) is 30.4 Å². The highest BCUT2D eigenvalue weighted by atomic mass is 19.1. The molecule has 1 aliphatic carbocycles. The van der Waals surface area contributed by atoms with E-state index >= 15 is 0 Å². The van der Waals surface area contributed by atoms with Gasteiger partial charge in [0.1, 0.15) is 11.6 Å². The fourth-order valence-corrected chi connectivity index (χ4v) is 2.43. The highest BCUT2D eigenvalue weighted by Gasteiger charge is 2.19. The van der Waals surface area contributed by atoms with Crippen LogP contribution < -0.4 is 5.73 Å². The molecule has 1 aromatic carbocycles. The number of rotatable bonds is 1. The molecule has 0 bridgehead atoms. The van der Waals surface area contributed by atoms with Crippen LogP contribution in [0.1, 0.15) is 17.5 Å². The Kier molecular flexibility index (Phi) is 2.18. The summed E-state index contributed by atoms with van der Waals surface area (Å²) >= 11 is 0. The summed E-state index contributed by atoms with van der Waals surface area (Å²) in [6, 6.07) is 5.52. The number of nitrogens with two attached hydrogens (primary N) is 1. The number of hydrogen-bond donors (Lipinski definition) is 1. The van der Waals surface area contributed by atoms with Crippen molar-refractivity contribution in [2.45, 2.75) is 19.3 Å². The summed E-state index contributed by atoms with van der Waals surface area (Å²) in [6.45, 7) is 0. The molecule has 0 atom stereocenters. The molecule has 0 amide bonds. The van der Waals surface area contributed by atoms with Crippen LogP contribution in [-0.2, 0) is 19.9 Å². The minimum absolute atomic E-state index is 0.127. The second-order valence-corrected chi connectivity index (χ2v) is 4.50. The zero-order chi connectivity index (χ0) is 12.0. The van der Waals surface area contributed by atoms with E-state index < -0.39 is 0 Å². The Morgan fingerprint density at radius 3 is 2.88 bits per heavy atom. The predicted octanol–water partition coefficient (Wildman–Crippen LogP) is 2.30. The molecule has 3 rings (SSSR count). The van der Waals surface area contributed by atoms with Crippen molar-refractivity contribution < 1.29 is 4.39 Å². The summed E-state index contributed by atoms with van der Waals surface area (Å²) in [4.78, 5) is 0. The fraction of sp³-hybridized carbons (Fsp3) is 0.308. The first-order valence-electron chi connectivity index (χ1n) is 5.77. The number of anilines is 1. The van der Waals surface area contributed by atoms with E-state index in [1.54, 1.807) is 23.9 Å². The largest absolute Gasteiger partial charge is 0.384 e. The van der Waals surface area contributed by atoms with E-state index in [1.165, 1.54) is 0 Å². The van der Waals surface area contributed by atoms with E-state index in [9.17, 15) is 4.39 Å². The minimum atomic E-state index is -0.127. The lowest BCUT2D eigenvalue weighted by Crippen LogP contribution is -1.97. The standard InChI is InChI=1S/C13H14FN3/c1-17-12(15)7-11(16-17)10-6-5-8-3-2-4-9(8)13(10)14/h5-7H,2-4,15H2,1H3. The number of halogens is 1. The highest BCUT2D eigenvalue weighted by molar-refractivity contribution is 5.65. The normalized spacial score (nSPS) is 14.0. The van der Waals surface area contributed by atoms with Crippen molar-refractivity contribution in [3.05, 3.63) is 35.1 Å². The summed E-state index contributed by atoms with van der Waals surface area (Å²) in [5.74, 6) is 0.415. The van der Waals surface area contributed by atoms with E-state index in [4.69, 9.17) is 5.73 Å². The first kappa shape index (κ1) is 10.3. The number of benzene rings is 1. The molecule has 17 heavy (non-hydrogen) atoms. The minimum Gasteiger partial charge on any atom is -0.384 e. The molecule has 1 aromatic heterocycles. The summed E-state index contributed by atoms with van der Waals surface area (Å²) in [5, 5.41) is 4.22. The Morgan fingerprint density at radius 1 is 1.35 bits per heavy atom. The summed E-state index contributed by atoms with van der Waals surface area (Å²) < 4.78 is 15.9. The van der Waals surface area contributed by atoms with Gasteiger partial charge in [-0.3, -0.25) is 4.68 Å². The summed E-state index contributed by atoms with van der Waals surface area (Å²) in [5.41, 5.74) is 8.87. The molecule has 0 radical (unpaired) electrons. The Hall–Kier alpha value is -1.84. The van der Waals surface area contributed by atoms with Crippen molar-refractivity contribution in [2.75, 3.05) is 5.73 Å². The molecule has 0 saturated carbocycles. The first-order valence-corrected chi connectivity index (χ1v) is 5.77. The van der Waals surface area contributed by atoms with Crippen LogP contribution in [0.25, 0.3) is 11.3 Å². The second-order valence-electron chi connectivity index (χ2n) is 4.50. The highest BCUT2D eigenvalue weighted by Crippen LogP contribution is 2.31. The van der Waals surface area contributed by atoms with Gasteiger partial charge in [-0.1, -0.05) is 6.07 Å². The van der Waals surface area contributed by atoms with Crippen molar-refractivity contribution in [2.24, 2.45) is 7.05 Å². The summed E-state index contributed by atoms with van der Waals surface area (Å²) in [7, 11) is 1.75. The van der Waals surface area contributed by atoms with Crippen LogP contribution in [0.5, 0.6) is 0 Å². The molecule has 1 heterocycles. The SMILES string of the molecule is Cn1nc(-c2ccc3c(c2F)CCC3)cc1N. The molecule has 0 saturated heterocycles. The number of hydrogen-bond acceptors (Lipinski definition) is 2. The van der Waals surface area contributed by atoms with E-state index in [1.807, 2.05) is 6.07 Å². The van der Waals surface area contributed by atoms with Gasteiger partial charge in [0.2, 0.25) is 0 Å². The average molecular weight is 231 g/mol. The van der Waals surface area contributed by atoms with Crippen LogP contribution >= 0.6 is 0 Å². The lowest BCUT2D eigenvalue weighted by molar-refractivity contribution is 0.615. The molecule has 0 fully saturated rings. The van der Waals surface area contributed by atoms with Crippen LogP contribution in [0.3, 0.4) is 0 Å². The molecule has 0 spiro atoms. The molecule has 2 N–H and O–H groups in total.